The zero-order valence-electron chi connectivity index (χ0n) is 7.17. The summed E-state index contributed by atoms with van der Waals surface area (Å²) < 4.78 is 9.71. The first kappa shape index (κ1) is 9.77. The zero-order chi connectivity index (χ0) is 9.19. The van der Waals surface area contributed by atoms with E-state index in [1.165, 1.54) is 7.11 Å². The highest BCUT2D eigenvalue weighted by Crippen LogP contribution is 2.29. The van der Waals surface area contributed by atoms with E-state index in [-0.39, 0.29) is 12.4 Å². The molecule has 0 spiro atoms. The van der Waals surface area contributed by atoms with Crippen LogP contribution in [0.4, 0.5) is 0 Å². The molecular weight excluding hydrogens is 182 g/mol. The van der Waals surface area contributed by atoms with E-state index < -0.39 is 5.18 Å². The molecule has 1 saturated heterocycles. The van der Waals surface area contributed by atoms with Crippen LogP contribution in [0.3, 0.4) is 0 Å². The van der Waals surface area contributed by atoms with Crippen molar-refractivity contribution in [1.29, 1.82) is 0 Å². The number of esters is 1. The first-order valence-electron chi connectivity index (χ1n) is 3.69. The third kappa shape index (κ3) is 1.88. The highest BCUT2D eigenvalue weighted by atomic mass is 35.5. The van der Waals surface area contributed by atoms with Gasteiger partial charge >= 0.3 is 5.97 Å². The predicted molar refractivity (Wildman–Crippen MR) is 43.8 cm³/mol. The molecule has 5 heteroatoms. The van der Waals surface area contributed by atoms with Crippen LogP contribution in [0.2, 0.25) is 0 Å². The lowest BCUT2D eigenvalue weighted by atomic mass is 10.3. The summed E-state index contributed by atoms with van der Waals surface area (Å²) in [4.78, 5) is 12.7. The minimum atomic E-state index is -0.993. The molecule has 0 amide bonds. The standard InChI is InChI=1S/C7H12ClNO3/c1-9-3-4-12-7(9,8)5-6(10)11-2/h3-5H2,1-2H3. The lowest BCUT2D eigenvalue weighted by Gasteiger charge is -2.26. The van der Waals surface area contributed by atoms with Crippen LogP contribution >= 0.6 is 11.6 Å². The van der Waals surface area contributed by atoms with Gasteiger partial charge in [0.05, 0.1) is 13.7 Å². The Kier molecular flexibility index (Phi) is 2.93. The van der Waals surface area contributed by atoms with E-state index in [9.17, 15) is 4.79 Å². The number of carbonyl (C=O) groups excluding carboxylic acids is 1. The van der Waals surface area contributed by atoms with Gasteiger partial charge in [0.2, 0.25) is 5.18 Å². The minimum Gasteiger partial charge on any atom is -0.469 e. The molecule has 0 aromatic carbocycles. The average Bonchev–Trinajstić information content (AvgIpc) is 2.32. The second kappa shape index (κ2) is 3.60. The zero-order valence-corrected chi connectivity index (χ0v) is 7.93. The summed E-state index contributed by atoms with van der Waals surface area (Å²) in [5, 5.41) is -0.993. The predicted octanol–water partition coefficient (Wildman–Crippen LogP) is 0.404. The van der Waals surface area contributed by atoms with Gasteiger partial charge in [-0.25, -0.2) is 0 Å². The number of halogens is 1. The smallest absolute Gasteiger partial charge is 0.311 e. The Balaban J connectivity index is 2.53. The monoisotopic (exact) mass is 193 g/mol. The topological polar surface area (TPSA) is 38.8 Å². The molecule has 1 aliphatic heterocycles. The van der Waals surface area contributed by atoms with Crippen molar-refractivity contribution in [3.63, 3.8) is 0 Å². The Hall–Kier alpha value is -0.320. The second-order valence-electron chi connectivity index (χ2n) is 2.71. The molecule has 0 aliphatic carbocycles. The van der Waals surface area contributed by atoms with E-state index in [0.717, 1.165) is 6.54 Å². The van der Waals surface area contributed by atoms with E-state index in [1.807, 2.05) is 7.05 Å². The Bertz CT molecular complexity index is 187. The summed E-state index contributed by atoms with van der Waals surface area (Å²) in [6.07, 6.45) is 0.0571. The molecule has 70 valence electrons. The summed E-state index contributed by atoms with van der Waals surface area (Å²) >= 11 is 6.00. The van der Waals surface area contributed by atoms with E-state index in [1.54, 1.807) is 4.90 Å². The molecule has 0 saturated carbocycles. The average molecular weight is 194 g/mol. The molecule has 12 heavy (non-hydrogen) atoms. The number of ether oxygens (including phenoxy) is 2. The molecule has 0 aromatic rings. The fraction of sp³-hybridized carbons (Fsp3) is 0.857. The van der Waals surface area contributed by atoms with Crippen molar-refractivity contribution >= 4 is 17.6 Å². The number of nitrogens with zero attached hydrogens (tertiary/aromatic N) is 1. The van der Waals surface area contributed by atoms with Crippen molar-refractivity contribution in [3.8, 4) is 0 Å². The van der Waals surface area contributed by atoms with Gasteiger partial charge in [-0.3, -0.25) is 9.69 Å². The molecule has 1 atom stereocenters. The number of hydrogen-bond donors (Lipinski definition) is 0. The fourth-order valence-electron chi connectivity index (χ4n) is 1.05. The van der Waals surface area contributed by atoms with Gasteiger partial charge in [-0.05, 0) is 7.05 Å². The number of alkyl halides is 1. The summed E-state index contributed by atoms with van der Waals surface area (Å²) in [6.45, 7) is 1.29. The van der Waals surface area contributed by atoms with Crippen LogP contribution in [0.1, 0.15) is 6.42 Å². The lowest BCUT2D eigenvalue weighted by Crippen LogP contribution is -2.39. The molecule has 1 rings (SSSR count). The second-order valence-corrected chi connectivity index (χ2v) is 3.30. The highest BCUT2D eigenvalue weighted by molar-refractivity contribution is 6.23. The molecule has 0 radical (unpaired) electrons. The van der Waals surface area contributed by atoms with Crippen molar-refractivity contribution in [3.05, 3.63) is 0 Å². The maximum atomic E-state index is 10.9. The number of methoxy groups -OCH3 is 1. The van der Waals surface area contributed by atoms with Gasteiger partial charge in [0, 0.05) is 6.54 Å². The van der Waals surface area contributed by atoms with Gasteiger partial charge < -0.3 is 9.47 Å². The normalized spacial score (nSPS) is 30.6. The van der Waals surface area contributed by atoms with E-state index in [0.29, 0.717) is 6.61 Å². The highest BCUT2D eigenvalue weighted by Gasteiger charge is 2.40. The molecule has 4 nitrogen and oxygen atoms in total. The molecule has 0 N–H and O–H groups in total. The van der Waals surface area contributed by atoms with E-state index >= 15 is 0 Å². The van der Waals surface area contributed by atoms with Gasteiger partial charge in [0.15, 0.2) is 0 Å². The van der Waals surface area contributed by atoms with Gasteiger partial charge in [-0.15, -0.1) is 0 Å². The summed E-state index contributed by atoms with van der Waals surface area (Å²) in [6, 6.07) is 0. The summed E-state index contributed by atoms with van der Waals surface area (Å²) in [5.74, 6) is -0.362. The van der Waals surface area contributed by atoms with E-state index in [4.69, 9.17) is 16.3 Å². The Morgan fingerprint density at radius 2 is 2.50 bits per heavy atom. The minimum absolute atomic E-state index is 0.0571. The number of hydrogen-bond acceptors (Lipinski definition) is 4. The van der Waals surface area contributed by atoms with Crippen LogP contribution in [-0.4, -0.2) is 43.4 Å². The first-order chi connectivity index (χ1) is 5.58. The summed E-state index contributed by atoms with van der Waals surface area (Å²) in [5.41, 5.74) is 0. The van der Waals surface area contributed by atoms with Crippen LogP contribution in [0.15, 0.2) is 0 Å². The van der Waals surface area contributed by atoms with Gasteiger partial charge in [0.25, 0.3) is 0 Å². The van der Waals surface area contributed by atoms with Crippen LogP contribution in [-0.2, 0) is 14.3 Å². The maximum absolute atomic E-state index is 10.9. The fourth-order valence-corrected chi connectivity index (χ4v) is 1.32. The Labute approximate surface area is 76.4 Å². The third-order valence-electron chi connectivity index (χ3n) is 1.91. The van der Waals surface area contributed by atoms with Crippen LogP contribution in [0.25, 0.3) is 0 Å². The SMILES string of the molecule is COC(=O)CC1(Cl)OCCN1C. The van der Waals surface area contributed by atoms with Crippen molar-refractivity contribution in [2.45, 2.75) is 11.6 Å². The number of carbonyl (C=O) groups is 1. The van der Waals surface area contributed by atoms with Crippen LogP contribution in [0.5, 0.6) is 0 Å². The third-order valence-corrected chi connectivity index (χ3v) is 2.44. The van der Waals surface area contributed by atoms with Crippen molar-refractivity contribution < 1.29 is 14.3 Å². The molecule has 1 aliphatic rings. The Morgan fingerprint density at radius 3 is 2.92 bits per heavy atom. The lowest BCUT2D eigenvalue weighted by molar-refractivity contribution is -0.146. The quantitative estimate of drug-likeness (QED) is 0.362. The van der Waals surface area contributed by atoms with Gasteiger partial charge in [-0.2, -0.15) is 0 Å². The van der Waals surface area contributed by atoms with E-state index in [2.05, 4.69) is 4.74 Å². The van der Waals surface area contributed by atoms with Crippen molar-refractivity contribution in [2.75, 3.05) is 27.3 Å². The van der Waals surface area contributed by atoms with Crippen molar-refractivity contribution in [1.82, 2.24) is 4.90 Å². The largest absolute Gasteiger partial charge is 0.469 e. The molecule has 0 aromatic heterocycles. The number of rotatable bonds is 2. The molecular formula is C7H12ClNO3. The Morgan fingerprint density at radius 1 is 1.83 bits per heavy atom. The maximum Gasteiger partial charge on any atom is 0.311 e. The van der Waals surface area contributed by atoms with Gasteiger partial charge in [-0.1, -0.05) is 11.6 Å². The molecule has 1 heterocycles. The van der Waals surface area contributed by atoms with Crippen LogP contribution < -0.4 is 0 Å². The summed E-state index contributed by atoms with van der Waals surface area (Å²) in [7, 11) is 3.14. The van der Waals surface area contributed by atoms with Crippen molar-refractivity contribution in [2.24, 2.45) is 0 Å². The number of likely N-dealkylation sites (N-methyl/N-ethyl adjacent to an activating group) is 1. The van der Waals surface area contributed by atoms with Gasteiger partial charge in [0.1, 0.15) is 6.42 Å². The first-order valence-corrected chi connectivity index (χ1v) is 4.07. The molecule has 1 unspecified atom stereocenters. The molecule has 0 bridgehead atoms. The van der Waals surface area contributed by atoms with Crippen LogP contribution in [0, 0.1) is 0 Å². The molecule has 1 fully saturated rings.